The maximum absolute atomic E-state index is 12.1. The van der Waals surface area contributed by atoms with E-state index < -0.39 is 0 Å². The molecule has 0 saturated carbocycles. The lowest BCUT2D eigenvalue weighted by atomic mass is 10.2. The van der Waals surface area contributed by atoms with Crippen molar-refractivity contribution in [1.29, 1.82) is 0 Å². The van der Waals surface area contributed by atoms with Crippen molar-refractivity contribution in [1.82, 2.24) is 15.0 Å². The van der Waals surface area contributed by atoms with Gasteiger partial charge in [0.2, 0.25) is 5.91 Å². The Balaban J connectivity index is 1.34. The molecule has 126 valence electrons. The fraction of sp³-hybridized carbons (Fsp3) is 0.167. The predicted octanol–water partition coefficient (Wildman–Crippen LogP) is 3.43. The van der Waals surface area contributed by atoms with E-state index >= 15 is 0 Å². The quantitative estimate of drug-likeness (QED) is 0.514. The van der Waals surface area contributed by atoms with Crippen LogP contribution in [0.15, 0.2) is 47.3 Å². The summed E-state index contributed by atoms with van der Waals surface area (Å²) < 4.78 is 1.18. The number of nitrogens with one attached hydrogen (secondary N) is 3. The van der Waals surface area contributed by atoms with Crippen LogP contribution in [-0.2, 0) is 11.2 Å². The first-order valence-corrected chi connectivity index (χ1v) is 8.85. The lowest BCUT2D eigenvalue weighted by molar-refractivity contribution is -0.116. The molecule has 2 aromatic heterocycles. The number of hydrogen-bond donors (Lipinski definition) is 3. The Morgan fingerprint density at radius 2 is 1.96 bits per heavy atom. The van der Waals surface area contributed by atoms with Gasteiger partial charge in [0.25, 0.3) is 0 Å². The first-order chi connectivity index (χ1) is 12.2. The number of para-hydroxylation sites is 1. The molecule has 2 heterocycles. The molecule has 2 aromatic carbocycles. The molecule has 0 aliphatic rings. The van der Waals surface area contributed by atoms with Crippen molar-refractivity contribution < 1.29 is 4.79 Å². The zero-order chi connectivity index (χ0) is 17.2. The second kappa shape index (κ2) is 6.52. The SMILES string of the molecule is O=C(CCCc1nc2ccccc2s1)Nc1ccc2[nH]c(=O)[nH]c2c1. The minimum Gasteiger partial charge on any atom is -0.326 e. The molecule has 0 unspecified atom stereocenters. The summed E-state index contributed by atoms with van der Waals surface area (Å²) in [5.41, 5.74) is 2.83. The Hall–Kier alpha value is -2.93. The molecular weight excluding hydrogens is 336 g/mol. The lowest BCUT2D eigenvalue weighted by Gasteiger charge is -2.04. The number of imidazole rings is 1. The molecule has 0 fully saturated rings. The summed E-state index contributed by atoms with van der Waals surface area (Å²) in [6, 6.07) is 13.3. The Morgan fingerprint density at radius 1 is 1.12 bits per heavy atom. The molecule has 1 amide bonds. The molecule has 0 atom stereocenters. The van der Waals surface area contributed by atoms with Gasteiger partial charge in [0.1, 0.15) is 0 Å². The van der Waals surface area contributed by atoms with Gasteiger partial charge in [-0.15, -0.1) is 11.3 Å². The zero-order valence-electron chi connectivity index (χ0n) is 13.3. The molecule has 7 heteroatoms. The van der Waals surface area contributed by atoms with Gasteiger partial charge >= 0.3 is 5.69 Å². The first-order valence-electron chi connectivity index (χ1n) is 8.04. The number of thiazole rings is 1. The van der Waals surface area contributed by atoms with E-state index in [4.69, 9.17) is 0 Å². The van der Waals surface area contributed by atoms with Gasteiger partial charge in [0.15, 0.2) is 0 Å². The summed E-state index contributed by atoms with van der Waals surface area (Å²) in [6.45, 7) is 0. The van der Waals surface area contributed by atoms with Crippen molar-refractivity contribution in [3.05, 3.63) is 58.0 Å². The number of anilines is 1. The van der Waals surface area contributed by atoms with Crippen molar-refractivity contribution in [2.45, 2.75) is 19.3 Å². The van der Waals surface area contributed by atoms with E-state index in [2.05, 4.69) is 26.3 Å². The van der Waals surface area contributed by atoms with Crippen molar-refractivity contribution in [3.63, 3.8) is 0 Å². The van der Waals surface area contributed by atoms with Crippen LogP contribution in [0.25, 0.3) is 21.3 Å². The topological polar surface area (TPSA) is 90.6 Å². The lowest BCUT2D eigenvalue weighted by Crippen LogP contribution is -2.11. The number of H-pyrrole nitrogens is 2. The number of aromatic nitrogens is 3. The highest BCUT2D eigenvalue weighted by Crippen LogP contribution is 2.23. The zero-order valence-corrected chi connectivity index (χ0v) is 14.2. The standard InChI is InChI=1S/C18H16N4O2S/c23-16(19-11-8-9-12-14(10-11)22-18(24)21-12)6-3-7-17-20-13-4-1-2-5-15(13)25-17/h1-2,4-5,8-10H,3,6-7H2,(H,19,23)(H2,21,22,24). The first kappa shape index (κ1) is 15.6. The fourth-order valence-electron chi connectivity index (χ4n) is 2.76. The number of fused-ring (bicyclic) bond motifs is 2. The number of hydrogen-bond acceptors (Lipinski definition) is 4. The number of benzene rings is 2. The van der Waals surface area contributed by atoms with E-state index in [1.165, 1.54) is 4.70 Å². The van der Waals surface area contributed by atoms with Gasteiger partial charge in [-0.2, -0.15) is 0 Å². The van der Waals surface area contributed by atoms with E-state index in [1.807, 2.05) is 18.2 Å². The number of carbonyl (C=O) groups excluding carboxylic acids is 1. The number of aryl methyl sites for hydroxylation is 1. The molecule has 6 nitrogen and oxygen atoms in total. The van der Waals surface area contributed by atoms with Gasteiger partial charge in [0.05, 0.1) is 26.3 Å². The summed E-state index contributed by atoms with van der Waals surface area (Å²) in [7, 11) is 0. The Kier molecular flexibility index (Phi) is 4.07. The molecule has 0 radical (unpaired) electrons. The second-order valence-electron chi connectivity index (χ2n) is 5.82. The fourth-order valence-corrected chi connectivity index (χ4v) is 3.77. The normalized spacial score (nSPS) is 11.2. The van der Waals surface area contributed by atoms with Crippen LogP contribution in [0.2, 0.25) is 0 Å². The minimum absolute atomic E-state index is 0.0432. The molecule has 4 rings (SSSR count). The van der Waals surface area contributed by atoms with Gasteiger partial charge in [0, 0.05) is 12.1 Å². The number of carbonyl (C=O) groups is 1. The summed E-state index contributed by atoms with van der Waals surface area (Å²) in [4.78, 5) is 33.3. The maximum Gasteiger partial charge on any atom is 0.323 e. The van der Waals surface area contributed by atoms with Gasteiger partial charge in [-0.25, -0.2) is 9.78 Å². The average Bonchev–Trinajstić information content (AvgIpc) is 3.16. The van der Waals surface area contributed by atoms with Crippen LogP contribution in [0.5, 0.6) is 0 Å². The highest BCUT2D eigenvalue weighted by molar-refractivity contribution is 7.18. The van der Waals surface area contributed by atoms with Crippen molar-refractivity contribution in [2.24, 2.45) is 0 Å². The smallest absolute Gasteiger partial charge is 0.323 e. The van der Waals surface area contributed by atoms with Crippen molar-refractivity contribution in [3.8, 4) is 0 Å². The molecule has 0 bridgehead atoms. The van der Waals surface area contributed by atoms with Crippen LogP contribution in [0.3, 0.4) is 0 Å². The summed E-state index contributed by atoms with van der Waals surface area (Å²) in [5, 5.41) is 3.92. The van der Waals surface area contributed by atoms with Crippen molar-refractivity contribution >= 4 is 44.2 Å². The third-order valence-electron chi connectivity index (χ3n) is 3.93. The Bertz CT molecular complexity index is 1080. The molecule has 4 aromatic rings. The Labute approximate surface area is 146 Å². The van der Waals surface area contributed by atoms with E-state index in [9.17, 15) is 9.59 Å². The van der Waals surface area contributed by atoms with Crippen LogP contribution in [0, 0.1) is 0 Å². The second-order valence-corrected chi connectivity index (χ2v) is 6.93. The third kappa shape index (κ3) is 3.46. The Morgan fingerprint density at radius 3 is 2.84 bits per heavy atom. The number of nitrogens with zero attached hydrogens (tertiary/aromatic N) is 1. The van der Waals surface area contributed by atoms with Crippen LogP contribution < -0.4 is 11.0 Å². The molecule has 0 saturated heterocycles. The molecule has 0 aliphatic carbocycles. The highest BCUT2D eigenvalue weighted by atomic mass is 32.1. The summed E-state index contributed by atoms with van der Waals surface area (Å²) >= 11 is 1.68. The summed E-state index contributed by atoms with van der Waals surface area (Å²) in [6.07, 6.45) is 1.96. The number of rotatable bonds is 5. The maximum atomic E-state index is 12.1. The van der Waals surface area contributed by atoms with Gasteiger partial charge in [-0.3, -0.25) is 4.79 Å². The summed E-state index contributed by atoms with van der Waals surface area (Å²) in [5.74, 6) is -0.0432. The molecular formula is C18H16N4O2S. The van der Waals surface area contributed by atoms with Gasteiger partial charge in [-0.05, 0) is 43.2 Å². The van der Waals surface area contributed by atoms with E-state index in [-0.39, 0.29) is 11.6 Å². The molecule has 25 heavy (non-hydrogen) atoms. The van der Waals surface area contributed by atoms with Gasteiger partial charge < -0.3 is 15.3 Å². The van der Waals surface area contributed by atoms with Crippen molar-refractivity contribution in [2.75, 3.05) is 5.32 Å². The molecule has 3 N–H and O–H groups in total. The third-order valence-corrected chi connectivity index (χ3v) is 5.03. The van der Waals surface area contributed by atoms with Gasteiger partial charge in [-0.1, -0.05) is 12.1 Å². The van der Waals surface area contributed by atoms with Crippen LogP contribution >= 0.6 is 11.3 Å². The monoisotopic (exact) mass is 352 g/mol. The number of aromatic amines is 2. The largest absolute Gasteiger partial charge is 0.326 e. The number of amides is 1. The average molecular weight is 352 g/mol. The van der Waals surface area contributed by atoms with Crippen LogP contribution in [-0.4, -0.2) is 20.9 Å². The van der Waals surface area contributed by atoms with E-state index in [1.54, 1.807) is 29.5 Å². The van der Waals surface area contributed by atoms with Crippen LogP contribution in [0.1, 0.15) is 17.8 Å². The minimum atomic E-state index is -0.255. The molecule has 0 aliphatic heterocycles. The predicted molar refractivity (Wildman–Crippen MR) is 100 cm³/mol. The molecule has 0 spiro atoms. The van der Waals surface area contributed by atoms with E-state index in [0.29, 0.717) is 17.6 Å². The van der Waals surface area contributed by atoms with Crippen LogP contribution in [0.4, 0.5) is 5.69 Å². The van der Waals surface area contributed by atoms with E-state index in [0.717, 1.165) is 28.9 Å². The highest BCUT2D eigenvalue weighted by Gasteiger charge is 2.07.